The number of fused-ring (bicyclic) bond motifs is 3. The van der Waals surface area contributed by atoms with Gasteiger partial charge in [-0.25, -0.2) is 22.4 Å². The molecule has 0 radical (unpaired) electrons. The van der Waals surface area contributed by atoms with Crippen LogP contribution in [0.4, 0.5) is 0 Å². The summed E-state index contributed by atoms with van der Waals surface area (Å²) in [6.07, 6.45) is 8.05. The molecule has 3 aromatic heterocycles. The number of aromatic nitrogens is 4. The Morgan fingerprint density at radius 1 is 1.17 bits per heavy atom. The number of aryl methyl sites for hydroxylation is 1. The Balaban J connectivity index is 1.84. The molecule has 0 fully saturated rings. The predicted octanol–water partition coefficient (Wildman–Crippen LogP) is 3.21. The van der Waals surface area contributed by atoms with Crippen molar-refractivity contribution in [2.45, 2.75) is 18.2 Å². The highest BCUT2D eigenvalue weighted by Crippen LogP contribution is 2.32. The number of nitrogens with zero attached hydrogens (tertiary/aromatic N) is 4. The molecule has 0 saturated carbocycles. The van der Waals surface area contributed by atoms with Crippen LogP contribution in [0.1, 0.15) is 17.5 Å². The SMILES string of the molecule is Cc1ccc(S(=O)(=O)n2cc(C3=CCNCC3)c3c2ncc2c(I)ncn23)cc1. The third-order valence-corrected chi connectivity index (χ3v) is 7.71. The van der Waals surface area contributed by atoms with E-state index in [0.717, 1.165) is 50.9 Å². The molecule has 0 spiro atoms. The van der Waals surface area contributed by atoms with Gasteiger partial charge in [-0.3, -0.25) is 4.40 Å². The minimum Gasteiger partial charge on any atom is -0.313 e. The van der Waals surface area contributed by atoms with Gasteiger partial charge in [-0.2, -0.15) is 0 Å². The molecule has 148 valence electrons. The number of rotatable bonds is 3. The minimum absolute atomic E-state index is 0.243. The first-order valence-corrected chi connectivity index (χ1v) is 11.7. The zero-order chi connectivity index (χ0) is 20.2. The predicted molar refractivity (Wildman–Crippen MR) is 120 cm³/mol. The summed E-state index contributed by atoms with van der Waals surface area (Å²) in [4.78, 5) is 9.18. The van der Waals surface area contributed by atoms with E-state index >= 15 is 0 Å². The Labute approximate surface area is 181 Å². The monoisotopic (exact) mass is 519 g/mol. The second-order valence-electron chi connectivity index (χ2n) is 7.06. The van der Waals surface area contributed by atoms with Crippen LogP contribution >= 0.6 is 22.6 Å². The Bertz CT molecular complexity index is 1380. The summed E-state index contributed by atoms with van der Waals surface area (Å²) in [5.41, 5.74) is 5.03. The highest BCUT2D eigenvalue weighted by molar-refractivity contribution is 14.1. The van der Waals surface area contributed by atoms with Crippen molar-refractivity contribution >= 4 is 54.9 Å². The quantitative estimate of drug-likeness (QED) is 0.421. The first-order valence-electron chi connectivity index (χ1n) is 9.22. The maximum absolute atomic E-state index is 13.5. The maximum atomic E-state index is 13.5. The van der Waals surface area contributed by atoms with Crippen LogP contribution in [0.2, 0.25) is 0 Å². The number of nitrogens with one attached hydrogen (secondary N) is 1. The van der Waals surface area contributed by atoms with Crippen LogP contribution in [-0.4, -0.2) is 39.8 Å². The van der Waals surface area contributed by atoms with Gasteiger partial charge < -0.3 is 5.32 Å². The Morgan fingerprint density at radius 2 is 1.97 bits per heavy atom. The molecule has 0 saturated heterocycles. The zero-order valence-electron chi connectivity index (χ0n) is 15.6. The lowest BCUT2D eigenvalue weighted by molar-refractivity contribution is 0.588. The van der Waals surface area contributed by atoms with Gasteiger partial charge in [0.2, 0.25) is 0 Å². The molecular weight excluding hydrogens is 501 g/mol. The first kappa shape index (κ1) is 18.8. The fourth-order valence-electron chi connectivity index (χ4n) is 3.68. The number of benzene rings is 1. The van der Waals surface area contributed by atoms with E-state index in [1.165, 1.54) is 3.97 Å². The summed E-state index contributed by atoms with van der Waals surface area (Å²) in [5, 5.41) is 3.30. The van der Waals surface area contributed by atoms with Crippen molar-refractivity contribution in [3.05, 3.63) is 63.9 Å². The van der Waals surface area contributed by atoms with Gasteiger partial charge in [-0.1, -0.05) is 23.8 Å². The lowest BCUT2D eigenvalue weighted by atomic mass is 10.0. The highest BCUT2D eigenvalue weighted by atomic mass is 127. The number of halogens is 1. The molecule has 1 aliphatic rings. The molecule has 0 amide bonds. The molecule has 5 rings (SSSR count). The molecule has 0 bridgehead atoms. The lowest BCUT2D eigenvalue weighted by Crippen LogP contribution is -2.20. The smallest absolute Gasteiger partial charge is 0.269 e. The standard InChI is InChI=1S/C20H18IN5O2S/c1-13-2-4-15(5-3-13)29(27,28)26-11-16(14-6-8-22-9-7-14)18-20(26)23-10-17-19(21)24-12-25(17)18/h2-6,10-12,22H,7-9H2,1H3. The Hall–Kier alpha value is -2.24. The van der Waals surface area contributed by atoms with Gasteiger partial charge in [0.05, 0.1) is 16.6 Å². The van der Waals surface area contributed by atoms with E-state index in [1.54, 1.807) is 43.0 Å². The Kier molecular flexibility index (Phi) is 4.48. The molecule has 1 aromatic carbocycles. The van der Waals surface area contributed by atoms with E-state index in [2.05, 4.69) is 44.0 Å². The van der Waals surface area contributed by atoms with E-state index < -0.39 is 10.0 Å². The molecule has 7 nitrogen and oxygen atoms in total. The van der Waals surface area contributed by atoms with Gasteiger partial charge in [-0.15, -0.1) is 0 Å². The molecule has 1 N–H and O–H groups in total. The van der Waals surface area contributed by atoms with E-state index in [0.29, 0.717) is 5.65 Å². The third-order valence-electron chi connectivity index (χ3n) is 5.22. The molecular formula is C20H18IN5O2S. The number of hydrogen-bond acceptors (Lipinski definition) is 5. The summed E-state index contributed by atoms with van der Waals surface area (Å²) in [5.74, 6) is 0. The molecule has 29 heavy (non-hydrogen) atoms. The van der Waals surface area contributed by atoms with Crippen LogP contribution in [0, 0.1) is 10.6 Å². The molecule has 4 aromatic rings. The first-order chi connectivity index (χ1) is 14.0. The average Bonchev–Trinajstić information content (AvgIpc) is 3.30. The van der Waals surface area contributed by atoms with Crippen molar-refractivity contribution in [3.8, 4) is 0 Å². The van der Waals surface area contributed by atoms with E-state index in [4.69, 9.17) is 0 Å². The van der Waals surface area contributed by atoms with Gasteiger partial charge in [0.15, 0.2) is 5.65 Å². The van der Waals surface area contributed by atoms with Crippen molar-refractivity contribution in [3.63, 3.8) is 0 Å². The minimum atomic E-state index is -3.79. The topological polar surface area (TPSA) is 81.3 Å². The van der Waals surface area contributed by atoms with E-state index in [9.17, 15) is 8.42 Å². The summed E-state index contributed by atoms with van der Waals surface area (Å²) < 4.78 is 31.0. The summed E-state index contributed by atoms with van der Waals surface area (Å²) in [6.45, 7) is 3.55. The highest BCUT2D eigenvalue weighted by Gasteiger charge is 2.25. The lowest BCUT2D eigenvalue weighted by Gasteiger charge is -2.13. The van der Waals surface area contributed by atoms with Gasteiger partial charge >= 0.3 is 0 Å². The van der Waals surface area contributed by atoms with Gasteiger partial charge in [-0.05, 0) is 60.2 Å². The fraction of sp³-hybridized carbons (Fsp3) is 0.200. The van der Waals surface area contributed by atoms with Gasteiger partial charge in [0.1, 0.15) is 15.5 Å². The molecule has 4 heterocycles. The summed E-state index contributed by atoms with van der Waals surface area (Å²) >= 11 is 2.17. The van der Waals surface area contributed by atoms with Crippen LogP contribution in [-0.2, 0) is 10.0 Å². The van der Waals surface area contributed by atoms with E-state index in [1.807, 2.05) is 11.3 Å². The van der Waals surface area contributed by atoms with Crippen LogP contribution < -0.4 is 5.32 Å². The van der Waals surface area contributed by atoms with Crippen LogP contribution in [0.3, 0.4) is 0 Å². The van der Waals surface area contributed by atoms with Gasteiger partial charge in [0, 0.05) is 18.3 Å². The molecule has 0 atom stereocenters. The van der Waals surface area contributed by atoms with Gasteiger partial charge in [0.25, 0.3) is 10.0 Å². The maximum Gasteiger partial charge on any atom is 0.269 e. The molecule has 1 aliphatic heterocycles. The zero-order valence-corrected chi connectivity index (χ0v) is 18.6. The molecule has 0 aliphatic carbocycles. The number of imidazole rings is 1. The van der Waals surface area contributed by atoms with Crippen LogP contribution in [0.25, 0.3) is 22.3 Å². The Morgan fingerprint density at radius 3 is 2.69 bits per heavy atom. The fourth-order valence-corrected chi connectivity index (χ4v) is 5.52. The number of hydrogen-bond donors (Lipinski definition) is 1. The second-order valence-corrected chi connectivity index (χ2v) is 9.90. The normalized spacial score (nSPS) is 15.2. The molecule has 9 heteroatoms. The van der Waals surface area contributed by atoms with Crippen molar-refractivity contribution in [2.75, 3.05) is 13.1 Å². The summed E-state index contributed by atoms with van der Waals surface area (Å²) in [7, 11) is -3.79. The largest absolute Gasteiger partial charge is 0.313 e. The van der Waals surface area contributed by atoms with Crippen molar-refractivity contribution < 1.29 is 8.42 Å². The van der Waals surface area contributed by atoms with Crippen molar-refractivity contribution in [1.82, 2.24) is 23.7 Å². The average molecular weight is 519 g/mol. The van der Waals surface area contributed by atoms with E-state index in [-0.39, 0.29) is 4.90 Å². The second kappa shape index (κ2) is 6.92. The summed E-state index contributed by atoms with van der Waals surface area (Å²) in [6, 6.07) is 6.88. The van der Waals surface area contributed by atoms with Crippen LogP contribution in [0.15, 0.2) is 54.0 Å². The third kappa shape index (κ3) is 2.99. The van der Waals surface area contributed by atoms with Crippen molar-refractivity contribution in [2.24, 2.45) is 0 Å². The van der Waals surface area contributed by atoms with Crippen molar-refractivity contribution in [1.29, 1.82) is 0 Å². The van der Waals surface area contributed by atoms with Crippen LogP contribution in [0.5, 0.6) is 0 Å². The molecule has 0 unspecified atom stereocenters.